The Bertz CT molecular complexity index is 1040. The third-order valence-electron chi connectivity index (χ3n) is 5.18. The average Bonchev–Trinajstić information content (AvgIpc) is 2.85. The highest BCUT2D eigenvalue weighted by molar-refractivity contribution is 9.11. The van der Waals surface area contributed by atoms with Gasteiger partial charge in [0.05, 0.1) is 24.6 Å². The molecule has 0 spiro atoms. The predicted octanol–water partition coefficient (Wildman–Crippen LogP) is 2.67. The molecule has 0 fully saturated rings. The van der Waals surface area contributed by atoms with Crippen molar-refractivity contribution < 1.29 is 34.8 Å². The fourth-order valence-electron chi connectivity index (χ4n) is 3.55. The van der Waals surface area contributed by atoms with Crippen LogP contribution in [0.4, 0.5) is 0 Å². The van der Waals surface area contributed by atoms with E-state index in [0.29, 0.717) is 57.6 Å². The number of aromatic hydroxyl groups is 2. The van der Waals surface area contributed by atoms with Gasteiger partial charge < -0.3 is 46.3 Å². The molecule has 0 aromatic heterocycles. The first-order valence-electron chi connectivity index (χ1n) is 10.3. The maximum atomic E-state index is 9.89. The highest BCUT2D eigenvalue weighted by Gasteiger charge is 2.25. The van der Waals surface area contributed by atoms with E-state index >= 15 is 0 Å². The van der Waals surface area contributed by atoms with Crippen molar-refractivity contribution in [1.82, 2.24) is 0 Å². The second-order valence-electron chi connectivity index (χ2n) is 7.20. The van der Waals surface area contributed by atoms with E-state index < -0.39 is 0 Å². The van der Waals surface area contributed by atoms with E-state index in [1.807, 2.05) is 0 Å². The molecule has 0 radical (unpaired) electrons. The van der Waals surface area contributed by atoms with E-state index in [1.165, 1.54) is 14.2 Å². The molecule has 35 heavy (non-hydrogen) atoms. The molecule has 0 atom stereocenters. The molecule has 2 aromatic rings. The zero-order valence-corrected chi connectivity index (χ0v) is 22.4. The van der Waals surface area contributed by atoms with Gasteiger partial charge >= 0.3 is 0 Å². The monoisotopic (exact) mass is 618 g/mol. The molecule has 2 heterocycles. The Morgan fingerprint density at radius 1 is 0.829 bits per heavy atom. The third-order valence-corrected chi connectivity index (χ3v) is 6.66. The summed E-state index contributed by atoms with van der Waals surface area (Å²) in [5, 5.41) is 27.7. The van der Waals surface area contributed by atoms with Crippen LogP contribution in [0.25, 0.3) is 0 Å². The van der Waals surface area contributed by atoms with Gasteiger partial charge in [0, 0.05) is 48.2 Å². The molecule has 2 aromatic carbocycles. The average molecular weight is 620 g/mol. The number of nitrogens with two attached hydrogens (primary N) is 2. The van der Waals surface area contributed by atoms with E-state index in [0.717, 1.165) is 22.6 Å². The minimum atomic E-state index is 0. The Hall–Kier alpha value is -2.58. The maximum absolute atomic E-state index is 9.89. The van der Waals surface area contributed by atoms with Crippen molar-refractivity contribution in [1.29, 1.82) is 0 Å². The minimum absolute atomic E-state index is 0. The molecule has 0 saturated heterocycles. The van der Waals surface area contributed by atoms with Crippen LogP contribution in [-0.4, -0.2) is 54.5 Å². The first kappa shape index (κ1) is 28.7. The van der Waals surface area contributed by atoms with E-state index in [4.69, 9.17) is 30.6 Å². The third kappa shape index (κ3) is 5.98. The van der Waals surface area contributed by atoms with Gasteiger partial charge in [0.25, 0.3) is 0 Å². The van der Waals surface area contributed by atoms with Gasteiger partial charge in [0.1, 0.15) is 46.2 Å². The lowest BCUT2D eigenvalue weighted by Crippen LogP contribution is -2.18. The molecular weight excluding hydrogens is 592 g/mol. The molecule has 11 nitrogen and oxygen atoms in total. The van der Waals surface area contributed by atoms with Crippen molar-refractivity contribution >= 4 is 43.3 Å². The number of fused-ring (bicyclic) bond motifs is 2. The Balaban J connectivity index is 0.000000240. The topological polar surface area (TPSA) is 186 Å². The molecule has 0 unspecified atom stereocenters. The Kier molecular flexibility index (Phi) is 10.6. The van der Waals surface area contributed by atoms with E-state index in [1.54, 1.807) is 12.1 Å². The molecule has 192 valence electrons. The lowest BCUT2D eigenvalue weighted by molar-refractivity contribution is 0.210. The summed E-state index contributed by atoms with van der Waals surface area (Å²) in [6.45, 7) is 1.51. The van der Waals surface area contributed by atoms with Crippen LogP contribution in [0.15, 0.2) is 31.4 Å². The molecule has 0 aliphatic carbocycles. The predicted molar refractivity (Wildman–Crippen MR) is 138 cm³/mol. The van der Waals surface area contributed by atoms with Crippen LogP contribution in [0.1, 0.15) is 35.1 Å². The lowest BCUT2D eigenvalue weighted by atomic mass is 10.0. The van der Waals surface area contributed by atoms with Gasteiger partial charge in [-0.1, -0.05) is 10.3 Å². The number of hydrogen-bond acceptors (Lipinski definition) is 10. The van der Waals surface area contributed by atoms with Crippen molar-refractivity contribution in [3.05, 3.63) is 43.3 Å². The number of halogens is 2. The molecule has 0 bridgehead atoms. The molecule has 4 rings (SSSR count). The highest BCUT2D eigenvalue weighted by Crippen LogP contribution is 2.42. The SMILES string of the molecule is CON=C1CCOc2c1cc(CN)c(O)c2Br.CON=C1CCOc2c1cc(CN)c(O)c2Br.O. The Labute approximate surface area is 219 Å². The maximum Gasteiger partial charge on any atom is 0.146 e. The number of oxime groups is 2. The number of rotatable bonds is 4. The van der Waals surface area contributed by atoms with Crippen molar-refractivity contribution in [3.8, 4) is 23.0 Å². The van der Waals surface area contributed by atoms with Crippen LogP contribution < -0.4 is 20.9 Å². The quantitative estimate of drug-likeness (QED) is 0.376. The number of hydrogen-bond donors (Lipinski definition) is 4. The largest absolute Gasteiger partial charge is 0.506 e. The summed E-state index contributed by atoms with van der Waals surface area (Å²) in [6, 6.07) is 3.57. The summed E-state index contributed by atoms with van der Waals surface area (Å²) in [7, 11) is 3.00. The molecule has 0 amide bonds. The van der Waals surface area contributed by atoms with Gasteiger partial charge in [-0.2, -0.15) is 0 Å². The van der Waals surface area contributed by atoms with Gasteiger partial charge in [0.15, 0.2) is 0 Å². The number of nitrogens with zero attached hydrogens (tertiary/aromatic N) is 2. The zero-order chi connectivity index (χ0) is 24.8. The molecule has 13 heteroatoms. The summed E-state index contributed by atoms with van der Waals surface area (Å²) in [4.78, 5) is 9.61. The van der Waals surface area contributed by atoms with Crippen LogP contribution in [0.2, 0.25) is 0 Å². The van der Waals surface area contributed by atoms with Crippen molar-refractivity contribution in [3.63, 3.8) is 0 Å². The molecule has 2 aliphatic rings. The van der Waals surface area contributed by atoms with Crippen molar-refractivity contribution in [2.45, 2.75) is 25.9 Å². The van der Waals surface area contributed by atoms with E-state index in [9.17, 15) is 10.2 Å². The van der Waals surface area contributed by atoms with Crippen LogP contribution in [-0.2, 0) is 22.8 Å². The van der Waals surface area contributed by atoms with Gasteiger partial charge in [0.2, 0.25) is 0 Å². The summed E-state index contributed by atoms with van der Waals surface area (Å²) < 4.78 is 12.1. The van der Waals surface area contributed by atoms with Gasteiger partial charge in [-0.3, -0.25) is 0 Å². The van der Waals surface area contributed by atoms with Crippen LogP contribution in [0.5, 0.6) is 23.0 Å². The summed E-state index contributed by atoms with van der Waals surface area (Å²) in [5.41, 5.74) is 15.7. The van der Waals surface area contributed by atoms with Crippen molar-refractivity contribution in [2.24, 2.45) is 21.8 Å². The van der Waals surface area contributed by atoms with Gasteiger partial charge in [-0.25, -0.2) is 0 Å². The Morgan fingerprint density at radius 2 is 1.20 bits per heavy atom. The second kappa shape index (κ2) is 12.9. The first-order chi connectivity index (χ1) is 16.4. The van der Waals surface area contributed by atoms with Gasteiger partial charge in [-0.15, -0.1) is 0 Å². The second-order valence-corrected chi connectivity index (χ2v) is 8.78. The normalized spacial score (nSPS) is 16.1. The standard InChI is InChI=1S/2C11H13BrN2O3.H2O/c2*1-16-14-8-2-3-17-11-7(8)4-6(5-13)10(15)9(11)12;/h2*4,15H,2-3,5,13H2,1H3;1H2. The Morgan fingerprint density at radius 3 is 1.51 bits per heavy atom. The molecule has 8 N–H and O–H groups in total. The number of ether oxygens (including phenoxy) is 2. The number of phenols is 2. The van der Waals surface area contributed by atoms with Crippen molar-refractivity contribution in [2.75, 3.05) is 27.4 Å². The summed E-state index contributed by atoms with van der Waals surface area (Å²) in [5.74, 6) is 1.40. The van der Waals surface area contributed by atoms with Gasteiger partial charge in [-0.05, 0) is 44.0 Å². The molecule has 0 saturated carbocycles. The van der Waals surface area contributed by atoms with Crippen LogP contribution in [0, 0.1) is 0 Å². The fourth-order valence-corrected chi connectivity index (χ4v) is 4.72. The molecular formula is C22H28Br2N4O7. The summed E-state index contributed by atoms with van der Waals surface area (Å²) >= 11 is 6.62. The lowest BCUT2D eigenvalue weighted by Gasteiger charge is -2.21. The van der Waals surface area contributed by atoms with Crippen LogP contribution >= 0.6 is 31.9 Å². The summed E-state index contributed by atoms with van der Waals surface area (Å²) in [6.07, 6.45) is 1.34. The fraction of sp³-hybridized carbons (Fsp3) is 0.364. The minimum Gasteiger partial charge on any atom is -0.506 e. The molecule has 2 aliphatic heterocycles. The highest BCUT2D eigenvalue weighted by atomic mass is 79.9. The van der Waals surface area contributed by atoms with E-state index in [-0.39, 0.29) is 30.1 Å². The smallest absolute Gasteiger partial charge is 0.146 e. The van der Waals surface area contributed by atoms with Crippen LogP contribution in [0.3, 0.4) is 0 Å². The number of phenolic OH excluding ortho intramolecular Hbond substituents is 2. The van der Waals surface area contributed by atoms with E-state index in [2.05, 4.69) is 42.2 Å². The first-order valence-corrected chi connectivity index (χ1v) is 11.9. The number of benzene rings is 2. The zero-order valence-electron chi connectivity index (χ0n) is 19.2.